The maximum atomic E-state index is 13.8. The average molecular weight is 309 g/mol. The molecule has 3 nitrogen and oxygen atoms in total. The Bertz CT molecular complexity index is 675. The van der Waals surface area contributed by atoms with Gasteiger partial charge < -0.3 is 14.6 Å². The molecule has 1 unspecified atom stereocenters. The summed E-state index contributed by atoms with van der Waals surface area (Å²) in [6.45, 7) is 0. The fraction of sp³-hybridized carbons (Fsp3) is 0.250. The van der Waals surface area contributed by atoms with Crippen molar-refractivity contribution in [1.29, 1.82) is 0 Å². The van der Waals surface area contributed by atoms with Crippen LogP contribution in [0.4, 0.5) is 4.39 Å². The summed E-state index contributed by atoms with van der Waals surface area (Å²) in [5, 5.41) is 10.8. The zero-order valence-electron chi connectivity index (χ0n) is 11.3. The van der Waals surface area contributed by atoms with E-state index in [9.17, 15) is 9.50 Å². The minimum absolute atomic E-state index is 0.183. The largest absolute Gasteiger partial charge is 0.494 e. The van der Waals surface area contributed by atoms with Crippen molar-refractivity contribution in [1.82, 2.24) is 0 Å². The smallest absolute Gasteiger partial charge is 0.165 e. The van der Waals surface area contributed by atoms with E-state index in [0.717, 1.165) is 0 Å². The summed E-state index contributed by atoms with van der Waals surface area (Å²) in [4.78, 5) is 0. The topological polar surface area (TPSA) is 38.7 Å². The second kappa shape index (κ2) is 5.54. The summed E-state index contributed by atoms with van der Waals surface area (Å²) < 4.78 is 24.5. The molecule has 0 radical (unpaired) electrons. The molecule has 0 aliphatic carbocycles. The molecule has 1 heterocycles. The minimum atomic E-state index is -0.692. The van der Waals surface area contributed by atoms with Crippen LogP contribution in [0, 0.1) is 5.82 Å². The SMILES string of the molecule is COc1ccc(C2C[C@@H](O)c3cc(Cl)ccc3O2)cc1F. The normalized spacial score (nSPS) is 20.6. The fourth-order valence-corrected chi connectivity index (χ4v) is 2.69. The maximum absolute atomic E-state index is 13.8. The van der Waals surface area contributed by atoms with Gasteiger partial charge in [-0.05, 0) is 35.9 Å². The maximum Gasteiger partial charge on any atom is 0.165 e. The zero-order valence-corrected chi connectivity index (χ0v) is 12.1. The van der Waals surface area contributed by atoms with Gasteiger partial charge >= 0.3 is 0 Å². The number of aliphatic hydroxyl groups excluding tert-OH is 1. The molecule has 0 bridgehead atoms. The molecule has 3 rings (SSSR count). The first-order valence-electron chi connectivity index (χ1n) is 6.56. The second-order valence-corrected chi connectivity index (χ2v) is 5.37. The number of methoxy groups -OCH3 is 1. The number of rotatable bonds is 2. The Hall–Kier alpha value is -1.78. The summed E-state index contributed by atoms with van der Waals surface area (Å²) in [5.74, 6) is 0.302. The van der Waals surface area contributed by atoms with Gasteiger partial charge in [0.1, 0.15) is 11.9 Å². The first kappa shape index (κ1) is 14.2. The van der Waals surface area contributed by atoms with E-state index in [0.29, 0.717) is 28.3 Å². The molecule has 1 N–H and O–H groups in total. The highest BCUT2D eigenvalue weighted by Gasteiger charge is 2.28. The van der Waals surface area contributed by atoms with Gasteiger partial charge in [-0.1, -0.05) is 17.7 Å². The first-order chi connectivity index (χ1) is 10.1. The van der Waals surface area contributed by atoms with Crippen LogP contribution in [-0.2, 0) is 0 Å². The molecule has 1 aliphatic heterocycles. The third-order valence-electron chi connectivity index (χ3n) is 3.59. The van der Waals surface area contributed by atoms with E-state index in [-0.39, 0.29) is 5.75 Å². The van der Waals surface area contributed by atoms with Gasteiger partial charge in [-0.3, -0.25) is 0 Å². The Balaban J connectivity index is 1.92. The Morgan fingerprint density at radius 2 is 2.10 bits per heavy atom. The summed E-state index contributed by atoms with van der Waals surface area (Å²) in [6, 6.07) is 9.76. The summed E-state index contributed by atoms with van der Waals surface area (Å²) in [7, 11) is 1.42. The van der Waals surface area contributed by atoms with Gasteiger partial charge in [-0.2, -0.15) is 0 Å². The molecule has 0 spiro atoms. The lowest BCUT2D eigenvalue weighted by atomic mass is 9.95. The van der Waals surface area contributed by atoms with Crippen molar-refractivity contribution < 1.29 is 19.0 Å². The summed E-state index contributed by atoms with van der Waals surface area (Å²) in [6.07, 6.45) is -0.754. The van der Waals surface area contributed by atoms with Crippen LogP contribution in [0.5, 0.6) is 11.5 Å². The molecule has 0 saturated carbocycles. The number of ether oxygens (including phenoxy) is 2. The number of fused-ring (bicyclic) bond motifs is 1. The molecule has 2 atom stereocenters. The molecule has 110 valence electrons. The Kier molecular flexibility index (Phi) is 3.74. The molecule has 5 heteroatoms. The monoisotopic (exact) mass is 308 g/mol. The van der Waals surface area contributed by atoms with Crippen molar-refractivity contribution >= 4 is 11.6 Å². The molecular weight excluding hydrogens is 295 g/mol. The van der Waals surface area contributed by atoms with Crippen molar-refractivity contribution in [2.24, 2.45) is 0 Å². The van der Waals surface area contributed by atoms with Crippen molar-refractivity contribution in [2.75, 3.05) is 7.11 Å². The standard InChI is InChI=1S/C16H14ClFO3/c1-20-15-4-2-9(6-12(15)18)16-8-13(19)11-7-10(17)3-5-14(11)21-16/h2-7,13,16,19H,8H2,1H3/t13-,16?/m1/s1. The number of halogens is 2. The Labute approximate surface area is 126 Å². The summed E-state index contributed by atoms with van der Waals surface area (Å²) >= 11 is 5.92. The predicted octanol–water partition coefficient (Wildman–Crippen LogP) is 4.04. The van der Waals surface area contributed by atoms with Crippen molar-refractivity contribution in [3.8, 4) is 11.5 Å². The fourth-order valence-electron chi connectivity index (χ4n) is 2.51. The van der Waals surface area contributed by atoms with Crippen LogP contribution in [0.2, 0.25) is 5.02 Å². The summed E-state index contributed by atoms with van der Waals surface area (Å²) in [5.41, 5.74) is 1.32. The van der Waals surface area contributed by atoms with Gasteiger partial charge in [0.2, 0.25) is 0 Å². The molecule has 0 aromatic heterocycles. The Morgan fingerprint density at radius 1 is 1.29 bits per heavy atom. The van der Waals surface area contributed by atoms with Crippen molar-refractivity contribution in [3.05, 3.63) is 58.4 Å². The lowest BCUT2D eigenvalue weighted by molar-refractivity contribution is 0.0656. The van der Waals surface area contributed by atoms with Gasteiger partial charge in [0.25, 0.3) is 0 Å². The van der Waals surface area contributed by atoms with E-state index in [1.165, 1.54) is 13.2 Å². The van der Waals surface area contributed by atoms with Crippen LogP contribution in [0.3, 0.4) is 0 Å². The van der Waals surface area contributed by atoms with E-state index in [1.54, 1.807) is 30.3 Å². The van der Waals surface area contributed by atoms with Crippen LogP contribution in [0.15, 0.2) is 36.4 Å². The quantitative estimate of drug-likeness (QED) is 0.910. The van der Waals surface area contributed by atoms with E-state index in [2.05, 4.69) is 0 Å². The number of aliphatic hydroxyl groups is 1. The molecule has 0 saturated heterocycles. The highest BCUT2D eigenvalue weighted by atomic mass is 35.5. The molecule has 0 fully saturated rings. The van der Waals surface area contributed by atoms with Gasteiger partial charge in [0.05, 0.1) is 13.2 Å². The Morgan fingerprint density at radius 3 is 2.81 bits per heavy atom. The third-order valence-corrected chi connectivity index (χ3v) is 3.82. The first-order valence-corrected chi connectivity index (χ1v) is 6.94. The molecule has 2 aromatic carbocycles. The van der Waals surface area contributed by atoms with Crippen LogP contribution >= 0.6 is 11.6 Å². The van der Waals surface area contributed by atoms with Gasteiger partial charge in [0, 0.05) is 17.0 Å². The van der Waals surface area contributed by atoms with Gasteiger partial charge in [-0.25, -0.2) is 4.39 Å². The van der Waals surface area contributed by atoms with Crippen molar-refractivity contribution in [3.63, 3.8) is 0 Å². The van der Waals surface area contributed by atoms with Crippen LogP contribution < -0.4 is 9.47 Å². The van der Waals surface area contributed by atoms with Crippen LogP contribution in [0.25, 0.3) is 0 Å². The third kappa shape index (κ3) is 2.69. The highest BCUT2D eigenvalue weighted by molar-refractivity contribution is 6.30. The number of hydrogen-bond acceptors (Lipinski definition) is 3. The lowest BCUT2D eigenvalue weighted by Gasteiger charge is -2.30. The average Bonchev–Trinajstić information content (AvgIpc) is 2.47. The predicted molar refractivity (Wildman–Crippen MR) is 77.3 cm³/mol. The van der Waals surface area contributed by atoms with E-state index >= 15 is 0 Å². The minimum Gasteiger partial charge on any atom is -0.494 e. The molecular formula is C16H14ClFO3. The number of benzene rings is 2. The van der Waals surface area contributed by atoms with E-state index in [1.807, 2.05) is 0 Å². The lowest BCUT2D eigenvalue weighted by Crippen LogP contribution is -2.19. The van der Waals surface area contributed by atoms with E-state index in [4.69, 9.17) is 21.1 Å². The van der Waals surface area contributed by atoms with Crippen LogP contribution in [-0.4, -0.2) is 12.2 Å². The van der Waals surface area contributed by atoms with Crippen LogP contribution in [0.1, 0.15) is 29.8 Å². The zero-order chi connectivity index (χ0) is 15.0. The van der Waals surface area contributed by atoms with E-state index < -0.39 is 18.0 Å². The molecule has 21 heavy (non-hydrogen) atoms. The second-order valence-electron chi connectivity index (χ2n) is 4.93. The molecule has 2 aromatic rings. The van der Waals surface area contributed by atoms with Gasteiger partial charge in [-0.15, -0.1) is 0 Å². The van der Waals surface area contributed by atoms with Crippen molar-refractivity contribution in [2.45, 2.75) is 18.6 Å². The highest BCUT2D eigenvalue weighted by Crippen LogP contribution is 2.42. The molecule has 1 aliphatic rings. The molecule has 0 amide bonds. The van der Waals surface area contributed by atoms with Gasteiger partial charge in [0.15, 0.2) is 11.6 Å². The number of hydrogen-bond donors (Lipinski definition) is 1.